The summed E-state index contributed by atoms with van der Waals surface area (Å²) in [6.07, 6.45) is -0.484. The number of hydrogen-bond acceptors (Lipinski definition) is 8. The van der Waals surface area contributed by atoms with Crippen LogP contribution in [0.2, 0.25) is 0 Å². The molecule has 3 heterocycles. The van der Waals surface area contributed by atoms with E-state index in [1.807, 2.05) is 4.90 Å². The minimum Gasteiger partial charge on any atom is -0.474 e. The van der Waals surface area contributed by atoms with E-state index in [-0.39, 0.29) is 42.0 Å². The highest BCUT2D eigenvalue weighted by Gasteiger charge is 2.30. The molecule has 0 unspecified atom stereocenters. The fraction of sp³-hybridized carbons (Fsp3) is 0.519. The van der Waals surface area contributed by atoms with Gasteiger partial charge < -0.3 is 19.3 Å². The number of ether oxygens (including phenoxy) is 2. The Hall–Kier alpha value is -3.67. The van der Waals surface area contributed by atoms with Crippen LogP contribution < -0.4 is 9.64 Å². The number of rotatable bonds is 8. The molecular weight excluding hydrogens is 510 g/mol. The molecule has 0 spiro atoms. The summed E-state index contributed by atoms with van der Waals surface area (Å²) in [5, 5.41) is 0. The molecule has 5 rings (SSSR count). The number of likely N-dealkylation sites (N-methyl/N-ethyl adjacent to an activating group) is 1. The van der Waals surface area contributed by atoms with Gasteiger partial charge in [-0.15, -0.1) is 0 Å². The number of carbonyl (C=O) groups excluding carboxylic acids is 2. The second-order valence-corrected chi connectivity index (χ2v) is 10.0. The van der Waals surface area contributed by atoms with Gasteiger partial charge in [-0.1, -0.05) is 12.1 Å². The molecule has 1 saturated heterocycles. The first-order valence-electron chi connectivity index (χ1n) is 13.2. The van der Waals surface area contributed by atoms with Crippen molar-refractivity contribution in [3.8, 4) is 11.7 Å². The molecule has 12 heteroatoms. The molecule has 208 valence electrons. The lowest BCUT2D eigenvalue weighted by Crippen LogP contribution is -2.39. The molecular formula is C27H32F2N6O4. The first-order chi connectivity index (χ1) is 18.8. The Balaban J connectivity index is 1.41. The number of benzene rings is 1. The summed E-state index contributed by atoms with van der Waals surface area (Å²) in [4.78, 5) is 41.0. The fourth-order valence-corrected chi connectivity index (χ4v) is 5.23. The van der Waals surface area contributed by atoms with Crippen LogP contribution in [0.1, 0.15) is 44.9 Å². The summed E-state index contributed by atoms with van der Waals surface area (Å²) in [6, 6.07) is 8.51. The highest BCUT2D eigenvalue weighted by molar-refractivity contribution is 5.85. The van der Waals surface area contributed by atoms with Crippen molar-refractivity contribution >= 4 is 28.7 Å². The highest BCUT2D eigenvalue weighted by atomic mass is 19.3. The number of fused-ring (bicyclic) bond motifs is 1. The number of para-hydroxylation sites is 2. The van der Waals surface area contributed by atoms with E-state index in [1.165, 1.54) is 16.4 Å². The minimum atomic E-state index is -2.81. The molecule has 1 amide bonds. The second kappa shape index (κ2) is 11.6. The standard InChI is InChI=1S/C27H32F2N6O4/c1-17(36)16-33(2)26(37)18-7-9-19(10-8-18)39-23-15-22(31-27(32-23)34-11-13-38-14-12-34)35-21-6-4-3-5-20(21)30-25(35)24(28)29/h3-6,15,18-19,24H,7-14,16H2,1-2H3/t18-,19-. The summed E-state index contributed by atoms with van der Waals surface area (Å²) in [5.41, 5.74) is 0.957. The number of amides is 1. The van der Waals surface area contributed by atoms with Crippen molar-refractivity contribution in [3.05, 3.63) is 36.2 Å². The van der Waals surface area contributed by atoms with Gasteiger partial charge in [-0.3, -0.25) is 14.2 Å². The van der Waals surface area contributed by atoms with Crippen LogP contribution in [0.15, 0.2) is 30.3 Å². The Labute approximate surface area is 224 Å². The van der Waals surface area contributed by atoms with Crippen molar-refractivity contribution in [1.82, 2.24) is 24.4 Å². The number of ketones is 1. The topological polar surface area (TPSA) is 103 Å². The molecule has 1 aliphatic carbocycles. The van der Waals surface area contributed by atoms with Gasteiger partial charge in [-0.2, -0.15) is 9.97 Å². The number of Topliss-reactive ketones (excluding diaryl/α,β-unsaturated/α-hetero) is 1. The number of anilines is 1. The molecule has 0 bridgehead atoms. The van der Waals surface area contributed by atoms with Crippen LogP contribution in [0.4, 0.5) is 14.7 Å². The quantitative estimate of drug-likeness (QED) is 0.426. The smallest absolute Gasteiger partial charge is 0.296 e. The van der Waals surface area contributed by atoms with Crippen molar-refractivity contribution in [3.63, 3.8) is 0 Å². The lowest BCUT2D eigenvalue weighted by atomic mass is 9.86. The summed E-state index contributed by atoms with van der Waals surface area (Å²) < 4.78 is 41.2. The summed E-state index contributed by atoms with van der Waals surface area (Å²) >= 11 is 0. The Morgan fingerprint density at radius 3 is 2.51 bits per heavy atom. The second-order valence-electron chi connectivity index (χ2n) is 10.0. The maximum atomic E-state index is 14.1. The van der Waals surface area contributed by atoms with Crippen LogP contribution >= 0.6 is 0 Å². The zero-order valence-corrected chi connectivity index (χ0v) is 22.1. The third-order valence-electron chi connectivity index (χ3n) is 7.13. The van der Waals surface area contributed by atoms with Gasteiger partial charge in [0.1, 0.15) is 17.7 Å². The number of aromatic nitrogens is 4. The van der Waals surface area contributed by atoms with E-state index >= 15 is 0 Å². The molecule has 10 nitrogen and oxygen atoms in total. The van der Waals surface area contributed by atoms with Gasteiger partial charge in [0, 0.05) is 32.1 Å². The first-order valence-corrected chi connectivity index (χ1v) is 13.2. The predicted molar refractivity (Wildman–Crippen MR) is 139 cm³/mol. The van der Waals surface area contributed by atoms with E-state index in [0.29, 0.717) is 69.0 Å². The Morgan fingerprint density at radius 2 is 1.82 bits per heavy atom. The normalized spacial score (nSPS) is 19.9. The van der Waals surface area contributed by atoms with Gasteiger partial charge in [0.15, 0.2) is 5.82 Å². The van der Waals surface area contributed by atoms with Gasteiger partial charge in [-0.25, -0.2) is 13.8 Å². The zero-order valence-electron chi connectivity index (χ0n) is 22.1. The molecule has 2 aliphatic rings. The molecule has 1 aliphatic heterocycles. The van der Waals surface area contributed by atoms with E-state index in [4.69, 9.17) is 9.47 Å². The number of nitrogens with zero attached hydrogens (tertiary/aromatic N) is 6. The van der Waals surface area contributed by atoms with Crippen molar-refractivity contribution in [1.29, 1.82) is 0 Å². The van der Waals surface area contributed by atoms with E-state index in [0.717, 1.165) is 0 Å². The molecule has 0 radical (unpaired) electrons. The number of halogens is 2. The number of carbonyl (C=O) groups is 2. The Morgan fingerprint density at radius 1 is 1.10 bits per heavy atom. The molecule has 0 atom stereocenters. The average molecular weight is 543 g/mol. The monoisotopic (exact) mass is 542 g/mol. The molecule has 2 fully saturated rings. The van der Waals surface area contributed by atoms with Gasteiger partial charge >= 0.3 is 0 Å². The van der Waals surface area contributed by atoms with Crippen LogP contribution in [-0.4, -0.2) is 82.1 Å². The number of imidazole rings is 1. The van der Waals surface area contributed by atoms with Crippen molar-refractivity contribution < 1.29 is 27.8 Å². The molecule has 2 aromatic heterocycles. The van der Waals surface area contributed by atoms with Crippen molar-refractivity contribution in [2.24, 2.45) is 5.92 Å². The van der Waals surface area contributed by atoms with Crippen molar-refractivity contribution in [2.45, 2.75) is 45.1 Å². The minimum absolute atomic E-state index is 0.0332. The third-order valence-corrected chi connectivity index (χ3v) is 7.13. The van der Waals surface area contributed by atoms with Crippen LogP contribution in [0.5, 0.6) is 5.88 Å². The van der Waals surface area contributed by atoms with Crippen molar-refractivity contribution in [2.75, 3.05) is 44.8 Å². The van der Waals surface area contributed by atoms with E-state index < -0.39 is 12.2 Å². The van der Waals surface area contributed by atoms with E-state index in [9.17, 15) is 18.4 Å². The molecule has 1 aromatic carbocycles. The zero-order chi connectivity index (χ0) is 27.5. The van der Waals surface area contributed by atoms with Gasteiger partial charge in [0.25, 0.3) is 6.43 Å². The summed E-state index contributed by atoms with van der Waals surface area (Å²) in [5.74, 6) is 0.252. The van der Waals surface area contributed by atoms with Gasteiger partial charge in [0.2, 0.25) is 17.7 Å². The molecule has 0 N–H and O–H groups in total. The maximum Gasteiger partial charge on any atom is 0.296 e. The van der Waals surface area contributed by atoms with Crippen LogP contribution in [-0.2, 0) is 14.3 Å². The Kier molecular flexibility index (Phi) is 8.01. The molecule has 3 aromatic rings. The lowest BCUT2D eigenvalue weighted by Gasteiger charge is -2.31. The SMILES string of the molecule is CC(=O)CN(C)C(=O)[C@H]1CC[C@H](Oc2cc(-n3c(C(F)F)nc4ccccc43)nc(N3CCOCC3)n2)CC1. The number of alkyl halides is 2. The lowest BCUT2D eigenvalue weighted by molar-refractivity contribution is -0.138. The van der Waals surface area contributed by atoms with E-state index in [1.54, 1.807) is 37.4 Å². The summed E-state index contributed by atoms with van der Waals surface area (Å²) in [7, 11) is 1.65. The highest BCUT2D eigenvalue weighted by Crippen LogP contribution is 2.32. The molecule has 1 saturated carbocycles. The number of hydrogen-bond donors (Lipinski definition) is 0. The maximum absolute atomic E-state index is 14.1. The average Bonchev–Trinajstić information content (AvgIpc) is 3.33. The Bertz CT molecular complexity index is 1340. The fourth-order valence-electron chi connectivity index (χ4n) is 5.23. The molecule has 39 heavy (non-hydrogen) atoms. The van der Waals surface area contributed by atoms with Crippen LogP contribution in [0, 0.1) is 5.92 Å². The van der Waals surface area contributed by atoms with Crippen LogP contribution in [0.3, 0.4) is 0 Å². The number of morpholine rings is 1. The summed E-state index contributed by atoms with van der Waals surface area (Å²) in [6.45, 7) is 3.72. The van der Waals surface area contributed by atoms with Gasteiger partial charge in [0.05, 0.1) is 30.8 Å². The first kappa shape index (κ1) is 26.9. The van der Waals surface area contributed by atoms with E-state index in [2.05, 4.69) is 15.0 Å². The van der Waals surface area contributed by atoms with Crippen LogP contribution in [0.25, 0.3) is 16.9 Å². The van der Waals surface area contributed by atoms with Gasteiger partial charge in [-0.05, 0) is 44.7 Å². The third kappa shape index (κ3) is 6.00. The largest absolute Gasteiger partial charge is 0.474 e. The predicted octanol–water partition coefficient (Wildman–Crippen LogP) is 3.57.